The van der Waals surface area contributed by atoms with Crippen LogP contribution in [-0.4, -0.2) is 0 Å². The fraction of sp³-hybridized carbons (Fsp3) is 0.100. The van der Waals surface area contributed by atoms with E-state index in [1.165, 1.54) is 0 Å². The number of hydrogen-bond donors (Lipinski definition) is 0. The Bertz CT molecular complexity index is 305. The van der Waals surface area contributed by atoms with Gasteiger partial charge in [0.2, 0.25) is 0 Å². The molecule has 1 atom stereocenters. The van der Waals surface area contributed by atoms with Gasteiger partial charge >= 0.3 is 0 Å². The van der Waals surface area contributed by atoms with Gasteiger partial charge < -0.3 is 0 Å². The first-order chi connectivity index (χ1) is 5.36. The third kappa shape index (κ3) is 1.85. The molecule has 1 heteroatoms. The molecule has 1 aliphatic rings. The SMILES string of the molecule is C#CC1=CC=CC(C#N)C=C1. The minimum atomic E-state index is -0.142. The van der Waals surface area contributed by atoms with Gasteiger partial charge in [0.1, 0.15) is 0 Å². The average molecular weight is 141 g/mol. The van der Waals surface area contributed by atoms with E-state index in [0.717, 1.165) is 5.57 Å². The second kappa shape index (κ2) is 3.44. The van der Waals surface area contributed by atoms with Crippen LogP contribution in [0, 0.1) is 29.6 Å². The standard InChI is InChI=1S/C10H7N/c1-2-9-4-3-5-10(8-11)7-6-9/h1,3-7,10H. The van der Waals surface area contributed by atoms with Crippen molar-refractivity contribution in [3.05, 3.63) is 36.0 Å². The predicted molar refractivity (Wildman–Crippen MR) is 44.3 cm³/mol. The number of allylic oxidation sites excluding steroid dienone is 6. The van der Waals surface area contributed by atoms with E-state index in [-0.39, 0.29) is 5.92 Å². The second-order valence-electron chi connectivity index (χ2n) is 2.17. The van der Waals surface area contributed by atoms with E-state index in [0.29, 0.717) is 0 Å². The Labute approximate surface area is 66.3 Å². The van der Waals surface area contributed by atoms with Crippen molar-refractivity contribution in [2.24, 2.45) is 5.92 Å². The summed E-state index contributed by atoms with van der Waals surface area (Å²) in [5.41, 5.74) is 0.805. The Morgan fingerprint density at radius 1 is 1.45 bits per heavy atom. The first-order valence-electron chi connectivity index (χ1n) is 3.29. The van der Waals surface area contributed by atoms with Crippen LogP contribution in [0.4, 0.5) is 0 Å². The Morgan fingerprint density at radius 3 is 2.91 bits per heavy atom. The minimum absolute atomic E-state index is 0.142. The van der Waals surface area contributed by atoms with Crippen LogP contribution < -0.4 is 0 Å². The number of hydrogen-bond acceptors (Lipinski definition) is 1. The maximum Gasteiger partial charge on any atom is 0.0830 e. The third-order valence-electron chi connectivity index (χ3n) is 1.39. The quantitative estimate of drug-likeness (QED) is 0.472. The predicted octanol–water partition coefficient (Wildman–Crippen LogP) is 1.81. The molecule has 0 saturated heterocycles. The Hall–Kier alpha value is -1.73. The molecule has 0 N–H and O–H groups in total. The van der Waals surface area contributed by atoms with Crippen molar-refractivity contribution < 1.29 is 0 Å². The van der Waals surface area contributed by atoms with Crippen molar-refractivity contribution in [1.29, 1.82) is 5.26 Å². The molecule has 0 aromatic rings. The molecule has 1 aliphatic carbocycles. The van der Waals surface area contributed by atoms with Gasteiger partial charge in [-0.2, -0.15) is 5.26 Å². The summed E-state index contributed by atoms with van der Waals surface area (Å²) in [6.07, 6.45) is 14.2. The van der Waals surface area contributed by atoms with Crippen LogP contribution in [0.15, 0.2) is 36.0 Å². The fourth-order valence-electron chi connectivity index (χ4n) is 0.788. The number of terminal acetylenes is 1. The molecule has 0 spiro atoms. The lowest BCUT2D eigenvalue weighted by atomic mass is 10.1. The first kappa shape index (κ1) is 7.38. The normalized spacial score (nSPS) is 21.3. The monoisotopic (exact) mass is 141 g/mol. The van der Waals surface area contributed by atoms with Gasteiger partial charge in [0.25, 0.3) is 0 Å². The van der Waals surface area contributed by atoms with Crippen LogP contribution in [0.3, 0.4) is 0 Å². The van der Waals surface area contributed by atoms with Gasteiger partial charge in [-0.1, -0.05) is 24.1 Å². The summed E-state index contributed by atoms with van der Waals surface area (Å²) in [6.45, 7) is 0. The third-order valence-corrected chi connectivity index (χ3v) is 1.39. The highest BCUT2D eigenvalue weighted by Crippen LogP contribution is 2.07. The number of nitrogens with zero attached hydrogens (tertiary/aromatic N) is 1. The Kier molecular flexibility index (Phi) is 2.31. The van der Waals surface area contributed by atoms with Gasteiger partial charge in [0, 0.05) is 5.57 Å². The number of rotatable bonds is 0. The Balaban J connectivity index is 2.86. The van der Waals surface area contributed by atoms with E-state index in [2.05, 4.69) is 12.0 Å². The molecular weight excluding hydrogens is 134 g/mol. The molecule has 1 unspecified atom stereocenters. The lowest BCUT2D eigenvalue weighted by molar-refractivity contribution is 1.08. The molecule has 0 bridgehead atoms. The van der Waals surface area contributed by atoms with Crippen molar-refractivity contribution in [3.63, 3.8) is 0 Å². The van der Waals surface area contributed by atoms with Crippen LogP contribution in [-0.2, 0) is 0 Å². The highest BCUT2D eigenvalue weighted by atomic mass is 14.2. The highest BCUT2D eigenvalue weighted by molar-refractivity contribution is 5.41. The summed E-state index contributed by atoms with van der Waals surface area (Å²) in [6, 6.07) is 2.11. The molecule has 52 valence electrons. The molecular formula is C10H7N. The molecule has 0 aromatic heterocycles. The topological polar surface area (TPSA) is 23.8 Å². The van der Waals surface area contributed by atoms with Crippen molar-refractivity contribution in [2.45, 2.75) is 0 Å². The van der Waals surface area contributed by atoms with Gasteiger partial charge in [-0.15, -0.1) is 6.42 Å². The highest BCUT2D eigenvalue weighted by Gasteiger charge is 1.98. The van der Waals surface area contributed by atoms with E-state index in [1.807, 2.05) is 12.2 Å². The zero-order valence-corrected chi connectivity index (χ0v) is 5.99. The molecule has 0 heterocycles. The summed E-state index contributed by atoms with van der Waals surface area (Å²) in [7, 11) is 0. The molecule has 1 rings (SSSR count). The maximum atomic E-state index is 8.55. The van der Waals surface area contributed by atoms with Crippen LogP contribution in [0.5, 0.6) is 0 Å². The summed E-state index contributed by atoms with van der Waals surface area (Å²) in [5, 5.41) is 8.55. The van der Waals surface area contributed by atoms with E-state index < -0.39 is 0 Å². The smallest absolute Gasteiger partial charge is 0.0830 e. The van der Waals surface area contributed by atoms with Gasteiger partial charge in [0.05, 0.1) is 12.0 Å². The summed E-state index contributed by atoms with van der Waals surface area (Å²) in [5.74, 6) is 2.36. The molecule has 0 aliphatic heterocycles. The molecule has 0 radical (unpaired) electrons. The van der Waals surface area contributed by atoms with Crippen molar-refractivity contribution in [2.75, 3.05) is 0 Å². The molecule has 0 aromatic carbocycles. The van der Waals surface area contributed by atoms with Crippen molar-refractivity contribution in [3.8, 4) is 18.4 Å². The Morgan fingerprint density at radius 2 is 2.27 bits per heavy atom. The lowest BCUT2D eigenvalue weighted by Crippen LogP contribution is -1.82. The van der Waals surface area contributed by atoms with E-state index in [4.69, 9.17) is 11.7 Å². The van der Waals surface area contributed by atoms with Crippen LogP contribution >= 0.6 is 0 Å². The van der Waals surface area contributed by atoms with Gasteiger partial charge in [-0.05, 0) is 12.2 Å². The van der Waals surface area contributed by atoms with Crippen molar-refractivity contribution in [1.82, 2.24) is 0 Å². The van der Waals surface area contributed by atoms with Crippen LogP contribution in [0.25, 0.3) is 0 Å². The van der Waals surface area contributed by atoms with Crippen LogP contribution in [0.2, 0.25) is 0 Å². The van der Waals surface area contributed by atoms with E-state index >= 15 is 0 Å². The lowest BCUT2D eigenvalue weighted by Gasteiger charge is -1.88. The molecule has 1 nitrogen and oxygen atoms in total. The van der Waals surface area contributed by atoms with E-state index in [1.54, 1.807) is 18.2 Å². The van der Waals surface area contributed by atoms with Crippen LogP contribution in [0.1, 0.15) is 0 Å². The summed E-state index contributed by atoms with van der Waals surface area (Å²) >= 11 is 0. The second-order valence-corrected chi connectivity index (χ2v) is 2.17. The summed E-state index contributed by atoms with van der Waals surface area (Å²) < 4.78 is 0. The minimum Gasteiger partial charge on any atom is -0.197 e. The molecule has 0 saturated carbocycles. The maximum absolute atomic E-state index is 8.55. The van der Waals surface area contributed by atoms with Gasteiger partial charge in [-0.3, -0.25) is 0 Å². The fourth-order valence-corrected chi connectivity index (χ4v) is 0.788. The molecule has 0 fully saturated rings. The zero-order valence-electron chi connectivity index (χ0n) is 5.99. The molecule has 11 heavy (non-hydrogen) atoms. The van der Waals surface area contributed by atoms with Gasteiger partial charge in [0.15, 0.2) is 0 Å². The summed E-state index contributed by atoms with van der Waals surface area (Å²) in [4.78, 5) is 0. The average Bonchev–Trinajstić information content (AvgIpc) is 2.28. The number of nitriles is 1. The zero-order chi connectivity index (χ0) is 8.10. The van der Waals surface area contributed by atoms with Crippen molar-refractivity contribution >= 4 is 0 Å². The van der Waals surface area contributed by atoms with E-state index in [9.17, 15) is 0 Å². The molecule has 0 amide bonds. The van der Waals surface area contributed by atoms with Gasteiger partial charge in [-0.25, -0.2) is 0 Å². The first-order valence-corrected chi connectivity index (χ1v) is 3.29. The largest absolute Gasteiger partial charge is 0.197 e.